The van der Waals surface area contributed by atoms with Crippen LogP contribution in [0.1, 0.15) is 0 Å². The van der Waals surface area contributed by atoms with Crippen LogP contribution in [-0.4, -0.2) is 31.4 Å². The van der Waals surface area contributed by atoms with Crippen molar-refractivity contribution in [2.75, 3.05) is 11.5 Å². The molecule has 0 saturated heterocycles. The largest absolute Gasteiger partial charge is 0.341 e. The Kier molecular flexibility index (Phi) is 3.27. The fraction of sp³-hybridized carbons (Fsp3) is 0.222. The monoisotopic (exact) mass is 238 g/mol. The van der Waals surface area contributed by atoms with Gasteiger partial charge in [0.05, 0.1) is 6.33 Å². The van der Waals surface area contributed by atoms with Gasteiger partial charge in [-0.25, -0.2) is 15.0 Å². The molecule has 0 aliphatic heterocycles. The van der Waals surface area contributed by atoms with Crippen LogP contribution in [-0.2, 0) is 0 Å². The zero-order chi connectivity index (χ0) is 10.7. The summed E-state index contributed by atoms with van der Waals surface area (Å²) in [7, 11) is 0. The van der Waals surface area contributed by atoms with Crippen molar-refractivity contribution in [1.82, 2.24) is 19.9 Å². The first-order chi connectivity index (χ1) is 7.31. The van der Waals surface area contributed by atoms with E-state index in [0.29, 0.717) is 11.4 Å². The fourth-order valence-corrected chi connectivity index (χ4v) is 2.19. The molecular formula is C9H10N4S2. The Morgan fingerprint density at radius 3 is 3.13 bits per heavy atom. The molecule has 0 unspecified atom stereocenters. The molecule has 0 aliphatic rings. The fourth-order valence-electron chi connectivity index (χ4n) is 1.07. The average molecular weight is 238 g/mol. The number of aromatic amines is 1. The van der Waals surface area contributed by atoms with Gasteiger partial charge < -0.3 is 4.98 Å². The molecule has 0 fully saturated rings. The lowest BCUT2D eigenvalue weighted by Crippen LogP contribution is -1.90. The van der Waals surface area contributed by atoms with Gasteiger partial charge in [0.1, 0.15) is 16.9 Å². The Labute approximate surface area is 97.0 Å². The van der Waals surface area contributed by atoms with Crippen LogP contribution in [0.25, 0.3) is 11.2 Å². The predicted octanol–water partition coefficient (Wildman–Crippen LogP) is 1.93. The number of nitrogens with one attached hydrogen (secondary N) is 1. The maximum Gasteiger partial charge on any atom is 0.181 e. The predicted molar refractivity (Wildman–Crippen MR) is 65.4 cm³/mol. The van der Waals surface area contributed by atoms with Gasteiger partial charge >= 0.3 is 0 Å². The number of nitrogens with zero attached hydrogens (tertiary/aromatic N) is 3. The van der Waals surface area contributed by atoms with E-state index >= 15 is 0 Å². The van der Waals surface area contributed by atoms with E-state index in [-0.39, 0.29) is 0 Å². The Morgan fingerprint density at radius 1 is 1.47 bits per heavy atom. The van der Waals surface area contributed by atoms with Crippen molar-refractivity contribution < 1.29 is 0 Å². The third-order valence-electron chi connectivity index (χ3n) is 1.82. The molecule has 2 aromatic rings. The number of rotatable bonds is 4. The van der Waals surface area contributed by atoms with Gasteiger partial charge in [-0.15, -0.1) is 0 Å². The first-order valence-corrected chi connectivity index (χ1v) is 5.97. The average Bonchev–Trinajstić information content (AvgIpc) is 2.74. The van der Waals surface area contributed by atoms with E-state index in [9.17, 15) is 0 Å². The summed E-state index contributed by atoms with van der Waals surface area (Å²) in [5.74, 6) is 1.51. The van der Waals surface area contributed by atoms with Crippen molar-refractivity contribution >= 4 is 35.6 Å². The summed E-state index contributed by atoms with van der Waals surface area (Å²) < 4.78 is 0. The van der Waals surface area contributed by atoms with Crippen LogP contribution in [0.3, 0.4) is 0 Å². The summed E-state index contributed by atoms with van der Waals surface area (Å²) in [5, 5.41) is 0.903. The third-order valence-corrected chi connectivity index (χ3v) is 3.41. The molecule has 1 N–H and O–H groups in total. The summed E-state index contributed by atoms with van der Waals surface area (Å²) in [6, 6.07) is 0. The van der Waals surface area contributed by atoms with E-state index in [2.05, 4.69) is 39.1 Å². The van der Waals surface area contributed by atoms with E-state index in [1.807, 2.05) is 0 Å². The van der Waals surface area contributed by atoms with Crippen molar-refractivity contribution in [1.29, 1.82) is 0 Å². The maximum atomic E-state index is 4.20. The SMILES string of the molecule is C=C(CS)CSc1ncnc2nc[nH]c12. The number of hydrogen-bond acceptors (Lipinski definition) is 5. The quantitative estimate of drug-likeness (QED) is 0.370. The molecule has 4 nitrogen and oxygen atoms in total. The number of thioether (sulfide) groups is 1. The molecule has 0 spiro atoms. The lowest BCUT2D eigenvalue weighted by molar-refractivity contribution is 1.09. The van der Waals surface area contributed by atoms with E-state index < -0.39 is 0 Å². The molecule has 0 bridgehead atoms. The first-order valence-electron chi connectivity index (χ1n) is 4.35. The molecule has 15 heavy (non-hydrogen) atoms. The summed E-state index contributed by atoms with van der Waals surface area (Å²) in [6.45, 7) is 3.89. The lowest BCUT2D eigenvalue weighted by Gasteiger charge is -2.01. The van der Waals surface area contributed by atoms with Crippen LogP contribution in [0, 0.1) is 0 Å². The summed E-state index contributed by atoms with van der Waals surface area (Å²) in [6.07, 6.45) is 3.14. The number of imidazole rings is 1. The van der Waals surface area contributed by atoms with E-state index in [4.69, 9.17) is 0 Å². The topological polar surface area (TPSA) is 54.5 Å². The van der Waals surface area contributed by atoms with Gasteiger partial charge in [0.2, 0.25) is 0 Å². The second-order valence-corrected chi connectivity index (χ2v) is 4.26. The van der Waals surface area contributed by atoms with Crippen molar-refractivity contribution in [3.8, 4) is 0 Å². The van der Waals surface area contributed by atoms with Crippen molar-refractivity contribution in [3.05, 3.63) is 24.8 Å². The minimum absolute atomic E-state index is 0.698. The van der Waals surface area contributed by atoms with Crippen LogP contribution in [0.5, 0.6) is 0 Å². The minimum Gasteiger partial charge on any atom is -0.341 e. The van der Waals surface area contributed by atoms with Crippen LogP contribution < -0.4 is 0 Å². The Balaban J connectivity index is 2.20. The van der Waals surface area contributed by atoms with Crippen molar-refractivity contribution in [2.45, 2.75) is 5.03 Å². The molecule has 0 aliphatic carbocycles. The number of thiol groups is 1. The van der Waals surface area contributed by atoms with Crippen LogP contribution in [0.4, 0.5) is 0 Å². The first kappa shape index (κ1) is 10.5. The highest BCUT2D eigenvalue weighted by atomic mass is 32.2. The van der Waals surface area contributed by atoms with Gasteiger partial charge in [-0.2, -0.15) is 12.6 Å². The molecule has 2 aromatic heterocycles. The summed E-state index contributed by atoms with van der Waals surface area (Å²) in [4.78, 5) is 15.3. The van der Waals surface area contributed by atoms with Gasteiger partial charge in [0.25, 0.3) is 0 Å². The normalized spacial score (nSPS) is 10.7. The Hall–Kier alpha value is -1.01. The zero-order valence-electron chi connectivity index (χ0n) is 7.97. The second-order valence-electron chi connectivity index (χ2n) is 2.98. The molecule has 2 heterocycles. The molecule has 2 rings (SSSR count). The smallest absolute Gasteiger partial charge is 0.181 e. The highest BCUT2D eigenvalue weighted by molar-refractivity contribution is 7.99. The molecule has 0 atom stereocenters. The molecule has 78 valence electrons. The lowest BCUT2D eigenvalue weighted by atomic mass is 10.4. The Bertz CT molecular complexity index is 480. The van der Waals surface area contributed by atoms with Gasteiger partial charge in [-0.05, 0) is 0 Å². The minimum atomic E-state index is 0.698. The molecule has 0 radical (unpaired) electrons. The maximum absolute atomic E-state index is 4.20. The number of H-pyrrole nitrogens is 1. The van der Waals surface area contributed by atoms with Crippen LogP contribution >= 0.6 is 24.4 Å². The molecular weight excluding hydrogens is 228 g/mol. The van der Waals surface area contributed by atoms with E-state index in [0.717, 1.165) is 21.9 Å². The van der Waals surface area contributed by atoms with Gasteiger partial charge in [0, 0.05) is 11.5 Å². The van der Waals surface area contributed by atoms with Gasteiger partial charge in [-0.3, -0.25) is 0 Å². The number of aromatic nitrogens is 4. The molecule has 6 heteroatoms. The molecule has 0 amide bonds. The molecule has 0 saturated carbocycles. The standard InChI is InChI=1S/C9H10N4S2/c1-6(2-14)3-15-9-7-8(11-4-10-7)12-5-13-9/h4-5,14H,1-3H2,(H,10,11,12,13). The highest BCUT2D eigenvalue weighted by Gasteiger charge is 2.06. The third kappa shape index (κ3) is 2.32. The van der Waals surface area contributed by atoms with Crippen molar-refractivity contribution in [2.24, 2.45) is 0 Å². The van der Waals surface area contributed by atoms with E-state index in [1.54, 1.807) is 18.1 Å². The van der Waals surface area contributed by atoms with Gasteiger partial charge in [-0.1, -0.05) is 23.9 Å². The summed E-state index contributed by atoms with van der Waals surface area (Å²) >= 11 is 5.77. The van der Waals surface area contributed by atoms with Gasteiger partial charge in [0.15, 0.2) is 5.65 Å². The Morgan fingerprint density at radius 2 is 2.33 bits per heavy atom. The zero-order valence-corrected chi connectivity index (χ0v) is 9.68. The highest BCUT2D eigenvalue weighted by Crippen LogP contribution is 2.23. The molecule has 0 aromatic carbocycles. The second kappa shape index (κ2) is 4.67. The van der Waals surface area contributed by atoms with Crippen LogP contribution in [0.2, 0.25) is 0 Å². The summed E-state index contributed by atoms with van der Waals surface area (Å²) in [5.41, 5.74) is 2.66. The van der Waals surface area contributed by atoms with Crippen molar-refractivity contribution in [3.63, 3.8) is 0 Å². The van der Waals surface area contributed by atoms with E-state index in [1.165, 1.54) is 6.33 Å². The number of hydrogen-bond donors (Lipinski definition) is 2. The number of fused-ring (bicyclic) bond motifs is 1. The van der Waals surface area contributed by atoms with Crippen LogP contribution in [0.15, 0.2) is 29.8 Å².